The molecule has 0 aromatic rings. The summed E-state index contributed by atoms with van der Waals surface area (Å²) in [7, 11) is 0. The van der Waals surface area contributed by atoms with E-state index in [1.165, 1.54) is 24.8 Å². The van der Waals surface area contributed by atoms with Gasteiger partial charge in [-0.2, -0.15) is 0 Å². The predicted octanol–water partition coefficient (Wildman–Crippen LogP) is 3.70. The Hall–Kier alpha value is -0.520. The predicted molar refractivity (Wildman–Crippen MR) is 48.1 cm³/mol. The summed E-state index contributed by atoms with van der Waals surface area (Å²) in [6.07, 6.45) is 9.19. The summed E-state index contributed by atoms with van der Waals surface area (Å²) < 4.78 is 0. The Balaban J connectivity index is 3.11. The van der Waals surface area contributed by atoms with Crippen LogP contribution in [0.25, 0.3) is 0 Å². The molecular weight excluding hydrogens is 120 g/mol. The van der Waals surface area contributed by atoms with Crippen molar-refractivity contribution in [2.24, 2.45) is 0 Å². The minimum atomic E-state index is 1.16. The number of hydrogen-bond donors (Lipinski definition) is 0. The molecule has 0 rings (SSSR count). The van der Waals surface area contributed by atoms with Crippen LogP contribution in [0, 0.1) is 0 Å². The van der Waals surface area contributed by atoms with Gasteiger partial charge in [-0.3, -0.25) is 0 Å². The van der Waals surface area contributed by atoms with E-state index < -0.39 is 0 Å². The standard InChI is InChI=1S/C10H18/c1-4-6-7-8-9-10(3)5-2/h4-5H,1,6-9H2,2-3H3. The summed E-state index contributed by atoms with van der Waals surface area (Å²) in [6, 6.07) is 0. The molecule has 0 fully saturated rings. The maximum Gasteiger partial charge on any atom is -0.0323 e. The highest BCUT2D eigenvalue weighted by Gasteiger charge is 1.87. The van der Waals surface area contributed by atoms with Crippen molar-refractivity contribution in [2.75, 3.05) is 0 Å². The average Bonchev–Trinajstić information content (AvgIpc) is 1.98. The topological polar surface area (TPSA) is 0 Å². The van der Waals surface area contributed by atoms with Gasteiger partial charge in [-0.25, -0.2) is 0 Å². The Kier molecular flexibility index (Phi) is 6.25. The van der Waals surface area contributed by atoms with Crippen LogP contribution in [0.5, 0.6) is 0 Å². The molecule has 0 aromatic carbocycles. The lowest BCUT2D eigenvalue weighted by Gasteiger charge is -1.97. The molecule has 0 aromatic heterocycles. The largest absolute Gasteiger partial charge is 0.103 e. The monoisotopic (exact) mass is 138 g/mol. The zero-order valence-electron chi connectivity index (χ0n) is 7.19. The van der Waals surface area contributed by atoms with E-state index in [1.807, 2.05) is 6.08 Å². The molecule has 0 spiro atoms. The van der Waals surface area contributed by atoms with E-state index >= 15 is 0 Å². The summed E-state index contributed by atoms with van der Waals surface area (Å²) in [5, 5.41) is 0. The Morgan fingerprint density at radius 1 is 1.40 bits per heavy atom. The van der Waals surface area contributed by atoms with E-state index in [0.29, 0.717) is 0 Å². The number of hydrogen-bond acceptors (Lipinski definition) is 0. The number of rotatable bonds is 5. The van der Waals surface area contributed by atoms with Crippen LogP contribution in [-0.4, -0.2) is 0 Å². The minimum absolute atomic E-state index is 1.16. The molecule has 0 aliphatic rings. The quantitative estimate of drug-likeness (QED) is 0.401. The summed E-state index contributed by atoms with van der Waals surface area (Å²) >= 11 is 0. The second-order valence-electron chi connectivity index (χ2n) is 2.67. The number of unbranched alkanes of at least 4 members (excludes halogenated alkanes) is 2. The summed E-state index contributed by atoms with van der Waals surface area (Å²) in [5.41, 5.74) is 1.50. The van der Waals surface area contributed by atoms with E-state index in [4.69, 9.17) is 0 Å². The van der Waals surface area contributed by atoms with Crippen molar-refractivity contribution in [1.82, 2.24) is 0 Å². The van der Waals surface area contributed by atoms with Crippen molar-refractivity contribution >= 4 is 0 Å². The first-order valence-corrected chi connectivity index (χ1v) is 4.04. The maximum absolute atomic E-state index is 3.68. The highest BCUT2D eigenvalue weighted by Crippen LogP contribution is 2.07. The first kappa shape index (κ1) is 9.48. The molecule has 0 aliphatic carbocycles. The Morgan fingerprint density at radius 2 is 2.10 bits per heavy atom. The molecule has 0 radical (unpaired) electrons. The van der Waals surface area contributed by atoms with Gasteiger partial charge in [0.2, 0.25) is 0 Å². The van der Waals surface area contributed by atoms with E-state index in [9.17, 15) is 0 Å². The molecule has 0 bridgehead atoms. The second-order valence-corrected chi connectivity index (χ2v) is 2.67. The van der Waals surface area contributed by atoms with Crippen LogP contribution in [0.2, 0.25) is 0 Å². The van der Waals surface area contributed by atoms with Gasteiger partial charge >= 0.3 is 0 Å². The lowest BCUT2D eigenvalue weighted by molar-refractivity contribution is 0.742. The van der Waals surface area contributed by atoms with E-state index in [0.717, 1.165) is 6.42 Å². The fourth-order valence-electron chi connectivity index (χ4n) is 0.837. The third kappa shape index (κ3) is 5.61. The van der Waals surface area contributed by atoms with Gasteiger partial charge in [0.15, 0.2) is 0 Å². The summed E-state index contributed by atoms with van der Waals surface area (Å²) in [4.78, 5) is 0. The third-order valence-electron chi connectivity index (χ3n) is 1.72. The highest BCUT2D eigenvalue weighted by atomic mass is 13.9. The van der Waals surface area contributed by atoms with Crippen molar-refractivity contribution in [3.63, 3.8) is 0 Å². The van der Waals surface area contributed by atoms with Crippen molar-refractivity contribution in [3.8, 4) is 0 Å². The van der Waals surface area contributed by atoms with Crippen LogP contribution in [0.4, 0.5) is 0 Å². The molecule has 0 saturated heterocycles. The third-order valence-corrected chi connectivity index (χ3v) is 1.72. The first-order valence-electron chi connectivity index (χ1n) is 4.04. The van der Waals surface area contributed by atoms with Crippen LogP contribution in [0.15, 0.2) is 24.3 Å². The van der Waals surface area contributed by atoms with Gasteiger partial charge in [0.25, 0.3) is 0 Å². The van der Waals surface area contributed by atoms with Gasteiger partial charge in [-0.1, -0.05) is 17.7 Å². The maximum atomic E-state index is 3.68. The van der Waals surface area contributed by atoms with E-state index in [2.05, 4.69) is 26.5 Å². The van der Waals surface area contributed by atoms with Crippen molar-refractivity contribution in [2.45, 2.75) is 39.5 Å². The fraction of sp³-hybridized carbons (Fsp3) is 0.600. The molecule has 0 nitrogen and oxygen atoms in total. The Labute approximate surface area is 64.6 Å². The lowest BCUT2D eigenvalue weighted by atomic mass is 10.1. The van der Waals surface area contributed by atoms with E-state index in [-0.39, 0.29) is 0 Å². The molecule has 0 saturated carbocycles. The fourth-order valence-corrected chi connectivity index (χ4v) is 0.837. The average molecular weight is 138 g/mol. The molecule has 0 heteroatoms. The molecule has 58 valence electrons. The molecule has 0 heterocycles. The van der Waals surface area contributed by atoms with Gasteiger partial charge in [0, 0.05) is 0 Å². The normalized spacial score (nSPS) is 11.6. The molecular formula is C10H18. The SMILES string of the molecule is C=CCCCCC(C)=CC. The molecule has 0 unspecified atom stereocenters. The number of allylic oxidation sites excluding steroid dienone is 3. The zero-order valence-corrected chi connectivity index (χ0v) is 7.19. The Morgan fingerprint density at radius 3 is 2.60 bits per heavy atom. The van der Waals surface area contributed by atoms with Crippen LogP contribution >= 0.6 is 0 Å². The lowest BCUT2D eigenvalue weighted by Crippen LogP contribution is -1.77. The molecule has 0 aliphatic heterocycles. The minimum Gasteiger partial charge on any atom is -0.103 e. The van der Waals surface area contributed by atoms with Crippen LogP contribution < -0.4 is 0 Å². The first-order chi connectivity index (χ1) is 4.81. The second kappa shape index (κ2) is 6.60. The summed E-state index contributed by atoms with van der Waals surface area (Å²) in [5.74, 6) is 0. The van der Waals surface area contributed by atoms with Gasteiger partial charge in [0.1, 0.15) is 0 Å². The van der Waals surface area contributed by atoms with Crippen LogP contribution in [0.1, 0.15) is 39.5 Å². The van der Waals surface area contributed by atoms with Gasteiger partial charge in [-0.05, 0) is 39.5 Å². The molecule has 0 amide bonds. The smallest absolute Gasteiger partial charge is 0.0323 e. The Bertz CT molecular complexity index is 109. The molecule has 10 heavy (non-hydrogen) atoms. The van der Waals surface area contributed by atoms with Crippen LogP contribution in [-0.2, 0) is 0 Å². The van der Waals surface area contributed by atoms with Crippen molar-refractivity contribution in [3.05, 3.63) is 24.3 Å². The molecule has 0 N–H and O–H groups in total. The van der Waals surface area contributed by atoms with Gasteiger partial charge < -0.3 is 0 Å². The van der Waals surface area contributed by atoms with E-state index in [1.54, 1.807) is 0 Å². The van der Waals surface area contributed by atoms with Crippen LogP contribution in [0.3, 0.4) is 0 Å². The van der Waals surface area contributed by atoms with Gasteiger partial charge in [-0.15, -0.1) is 6.58 Å². The zero-order chi connectivity index (χ0) is 7.82. The summed E-state index contributed by atoms with van der Waals surface area (Å²) in [6.45, 7) is 7.97. The van der Waals surface area contributed by atoms with Crippen molar-refractivity contribution < 1.29 is 0 Å². The van der Waals surface area contributed by atoms with Gasteiger partial charge in [0.05, 0.1) is 0 Å². The highest BCUT2D eigenvalue weighted by molar-refractivity contribution is 4.94. The molecule has 0 atom stereocenters. The van der Waals surface area contributed by atoms with Crippen molar-refractivity contribution in [1.29, 1.82) is 0 Å².